The largest absolute Gasteiger partial charge is 0.309 e. The van der Waals surface area contributed by atoms with Crippen molar-refractivity contribution < 1.29 is 4.39 Å². The first-order valence-electron chi connectivity index (χ1n) is 5.27. The SMILES string of the molecule is Cn1cc(CNCc2cc(F)cc(Cl)c2)cn1. The lowest BCUT2D eigenvalue weighted by Crippen LogP contribution is -2.12. The van der Waals surface area contributed by atoms with E-state index in [4.69, 9.17) is 11.6 Å². The van der Waals surface area contributed by atoms with Crippen LogP contribution < -0.4 is 5.32 Å². The van der Waals surface area contributed by atoms with Crippen LogP contribution in [0.2, 0.25) is 5.02 Å². The van der Waals surface area contributed by atoms with E-state index in [0.717, 1.165) is 11.1 Å². The molecule has 0 unspecified atom stereocenters. The number of aryl methyl sites for hydroxylation is 1. The van der Waals surface area contributed by atoms with E-state index in [9.17, 15) is 4.39 Å². The van der Waals surface area contributed by atoms with Gasteiger partial charge >= 0.3 is 0 Å². The van der Waals surface area contributed by atoms with Gasteiger partial charge in [-0.05, 0) is 23.8 Å². The van der Waals surface area contributed by atoms with Gasteiger partial charge in [0.05, 0.1) is 6.20 Å². The monoisotopic (exact) mass is 253 g/mol. The fourth-order valence-corrected chi connectivity index (χ4v) is 1.87. The van der Waals surface area contributed by atoms with Crippen LogP contribution in [0, 0.1) is 5.82 Å². The molecular weight excluding hydrogens is 241 g/mol. The smallest absolute Gasteiger partial charge is 0.125 e. The number of rotatable bonds is 4. The topological polar surface area (TPSA) is 29.9 Å². The maximum absolute atomic E-state index is 13.1. The van der Waals surface area contributed by atoms with Gasteiger partial charge < -0.3 is 5.32 Å². The van der Waals surface area contributed by atoms with Gasteiger partial charge in [0, 0.05) is 36.9 Å². The van der Waals surface area contributed by atoms with Crippen LogP contribution in [-0.2, 0) is 20.1 Å². The van der Waals surface area contributed by atoms with Crippen LogP contribution in [0.4, 0.5) is 4.39 Å². The highest BCUT2D eigenvalue weighted by Crippen LogP contribution is 2.13. The third-order valence-corrected chi connectivity index (χ3v) is 2.56. The Bertz CT molecular complexity index is 490. The van der Waals surface area contributed by atoms with Crippen molar-refractivity contribution in [3.8, 4) is 0 Å². The number of halogens is 2. The number of benzene rings is 1. The predicted octanol–water partition coefficient (Wildman–Crippen LogP) is 2.50. The summed E-state index contributed by atoms with van der Waals surface area (Å²) in [6.45, 7) is 1.27. The van der Waals surface area contributed by atoms with Crippen molar-refractivity contribution in [2.45, 2.75) is 13.1 Å². The molecule has 0 aliphatic carbocycles. The van der Waals surface area contributed by atoms with Crippen LogP contribution in [0.5, 0.6) is 0 Å². The summed E-state index contributed by atoms with van der Waals surface area (Å²) in [5.74, 6) is -0.310. The first-order chi connectivity index (χ1) is 8.13. The van der Waals surface area contributed by atoms with Crippen molar-refractivity contribution in [1.29, 1.82) is 0 Å². The van der Waals surface area contributed by atoms with Gasteiger partial charge in [-0.2, -0.15) is 5.10 Å². The van der Waals surface area contributed by atoms with Crippen molar-refractivity contribution in [3.05, 3.63) is 52.6 Å². The van der Waals surface area contributed by atoms with E-state index in [-0.39, 0.29) is 5.82 Å². The second-order valence-electron chi connectivity index (χ2n) is 3.90. The molecule has 0 aliphatic heterocycles. The Morgan fingerprint density at radius 3 is 2.71 bits per heavy atom. The maximum Gasteiger partial charge on any atom is 0.125 e. The van der Waals surface area contributed by atoms with E-state index < -0.39 is 0 Å². The lowest BCUT2D eigenvalue weighted by molar-refractivity contribution is 0.620. The van der Waals surface area contributed by atoms with Gasteiger partial charge in [-0.3, -0.25) is 4.68 Å². The van der Waals surface area contributed by atoms with Crippen molar-refractivity contribution in [3.63, 3.8) is 0 Å². The Morgan fingerprint density at radius 2 is 2.06 bits per heavy atom. The molecule has 0 bridgehead atoms. The molecule has 0 fully saturated rings. The minimum Gasteiger partial charge on any atom is -0.309 e. The number of nitrogens with one attached hydrogen (secondary N) is 1. The molecule has 0 saturated heterocycles. The number of hydrogen-bond acceptors (Lipinski definition) is 2. The lowest BCUT2D eigenvalue weighted by atomic mass is 10.2. The molecule has 2 rings (SSSR count). The van der Waals surface area contributed by atoms with Gasteiger partial charge in [-0.1, -0.05) is 11.6 Å². The normalized spacial score (nSPS) is 10.8. The standard InChI is InChI=1S/C12H13ClFN3/c1-17-8-10(7-16-17)6-15-5-9-2-11(13)4-12(14)3-9/h2-4,7-8,15H,5-6H2,1H3. The van der Waals surface area contributed by atoms with Gasteiger partial charge in [0.25, 0.3) is 0 Å². The van der Waals surface area contributed by atoms with Crippen LogP contribution >= 0.6 is 11.6 Å². The fourth-order valence-electron chi connectivity index (χ4n) is 1.63. The third-order valence-electron chi connectivity index (χ3n) is 2.34. The quantitative estimate of drug-likeness (QED) is 0.907. The average molecular weight is 254 g/mol. The highest BCUT2D eigenvalue weighted by molar-refractivity contribution is 6.30. The molecule has 5 heteroatoms. The Labute approximate surface area is 104 Å². The second kappa shape index (κ2) is 5.29. The summed E-state index contributed by atoms with van der Waals surface area (Å²) in [4.78, 5) is 0. The Hall–Kier alpha value is -1.39. The van der Waals surface area contributed by atoms with Crippen LogP contribution in [0.1, 0.15) is 11.1 Å². The van der Waals surface area contributed by atoms with Gasteiger partial charge in [0.2, 0.25) is 0 Å². The number of nitrogens with zero attached hydrogens (tertiary/aromatic N) is 2. The summed E-state index contributed by atoms with van der Waals surface area (Å²) in [5, 5.41) is 7.69. The van der Waals surface area contributed by atoms with Crippen molar-refractivity contribution in [2.75, 3.05) is 0 Å². The molecular formula is C12H13ClFN3. The minimum atomic E-state index is -0.310. The van der Waals surface area contributed by atoms with Gasteiger partial charge in [0.1, 0.15) is 5.82 Å². The summed E-state index contributed by atoms with van der Waals surface area (Å²) in [5.41, 5.74) is 1.92. The molecule has 0 amide bonds. The molecule has 3 nitrogen and oxygen atoms in total. The number of hydrogen-bond donors (Lipinski definition) is 1. The minimum absolute atomic E-state index is 0.310. The molecule has 0 spiro atoms. The summed E-state index contributed by atoms with van der Waals surface area (Å²) < 4.78 is 14.8. The van der Waals surface area contributed by atoms with E-state index in [1.165, 1.54) is 12.1 Å². The van der Waals surface area contributed by atoms with Crippen LogP contribution in [0.3, 0.4) is 0 Å². The van der Waals surface area contributed by atoms with Crippen LogP contribution in [0.15, 0.2) is 30.6 Å². The molecule has 1 aromatic carbocycles. The average Bonchev–Trinajstić information content (AvgIpc) is 2.63. The first-order valence-corrected chi connectivity index (χ1v) is 5.64. The Kier molecular flexibility index (Phi) is 3.76. The molecule has 0 atom stereocenters. The molecule has 2 aromatic rings. The highest BCUT2D eigenvalue weighted by atomic mass is 35.5. The number of aromatic nitrogens is 2. The predicted molar refractivity (Wildman–Crippen MR) is 65.2 cm³/mol. The molecule has 0 saturated carbocycles. The lowest BCUT2D eigenvalue weighted by Gasteiger charge is -2.04. The fraction of sp³-hybridized carbons (Fsp3) is 0.250. The molecule has 0 radical (unpaired) electrons. The molecule has 1 N–H and O–H groups in total. The first kappa shape index (κ1) is 12.1. The Morgan fingerprint density at radius 1 is 1.29 bits per heavy atom. The zero-order chi connectivity index (χ0) is 12.3. The van der Waals surface area contributed by atoms with E-state index in [2.05, 4.69) is 10.4 Å². The van der Waals surface area contributed by atoms with Crippen molar-refractivity contribution in [1.82, 2.24) is 15.1 Å². The zero-order valence-electron chi connectivity index (χ0n) is 9.45. The molecule has 0 aliphatic rings. The van der Waals surface area contributed by atoms with Gasteiger partial charge in [0.15, 0.2) is 0 Å². The van der Waals surface area contributed by atoms with E-state index in [1.807, 2.05) is 13.2 Å². The highest BCUT2D eigenvalue weighted by Gasteiger charge is 2.00. The van der Waals surface area contributed by atoms with Crippen molar-refractivity contribution in [2.24, 2.45) is 7.05 Å². The zero-order valence-corrected chi connectivity index (χ0v) is 10.2. The summed E-state index contributed by atoms with van der Waals surface area (Å²) in [7, 11) is 1.87. The summed E-state index contributed by atoms with van der Waals surface area (Å²) in [6, 6.07) is 4.52. The van der Waals surface area contributed by atoms with Crippen molar-refractivity contribution >= 4 is 11.6 Å². The van der Waals surface area contributed by atoms with E-state index in [0.29, 0.717) is 18.1 Å². The van der Waals surface area contributed by atoms with Gasteiger partial charge in [-0.25, -0.2) is 4.39 Å². The second-order valence-corrected chi connectivity index (χ2v) is 4.34. The Balaban J connectivity index is 1.89. The molecule has 90 valence electrons. The summed E-state index contributed by atoms with van der Waals surface area (Å²) in [6.07, 6.45) is 3.73. The molecule has 17 heavy (non-hydrogen) atoms. The third kappa shape index (κ3) is 3.54. The maximum atomic E-state index is 13.1. The van der Waals surface area contributed by atoms with Gasteiger partial charge in [-0.15, -0.1) is 0 Å². The van der Waals surface area contributed by atoms with Crippen LogP contribution in [-0.4, -0.2) is 9.78 Å². The van der Waals surface area contributed by atoms with E-state index in [1.54, 1.807) is 16.9 Å². The van der Waals surface area contributed by atoms with Crippen LogP contribution in [0.25, 0.3) is 0 Å². The molecule has 1 aromatic heterocycles. The van der Waals surface area contributed by atoms with E-state index >= 15 is 0 Å². The summed E-state index contributed by atoms with van der Waals surface area (Å²) >= 11 is 5.77. The molecule has 1 heterocycles.